The third kappa shape index (κ3) is 7.21. The molecule has 3 aromatic carbocycles. The van der Waals surface area contributed by atoms with Crippen LogP contribution in [0.15, 0.2) is 77.7 Å². The van der Waals surface area contributed by atoms with Gasteiger partial charge in [-0.2, -0.15) is 0 Å². The number of nitrogens with one attached hydrogen (secondary N) is 3. The molecule has 3 aromatic rings. The van der Waals surface area contributed by atoms with Crippen molar-refractivity contribution in [3.8, 4) is 11.5 Å². The molecule has 0 heterocycles. The molecule has 0 aromatic heterocycles. The van der Waals surface area contributed by atoms with E-state index >= 15 is 0 Å². The monoisotopic (exact) mass is 497 g/mol. The molecule has 3 N–H and O–H groups in total. The van der Waals surface area contributed by atoms with Crippen molar-refractivity contribution < 1.29 is 27.5 Å². The van der Waals surface area contributed by atoms with E-state index in [9.17, 15) is 18.0 Å². The highest BCUT2D eigenvalue weighted by Gasteiger charge is 2.17. The number of hydrogen-bond donors (Lipinski definition) is 3. The summed E-state index contributed by atoms with van der Waals surface area (Å²) in [5.74, 6) is 0.0417. The lowest BCUT2D eigenvalue weighted by molar-refractivity contribution is 0.0846. The molecule has 2 amide bonds. The summed E-state index contributed by atoms with van der Waals surface area (Å²) in [5.41, 5.74) is 5.33. The van der Waals surface area contributed by atoms with Crippen LogP contribution in [0, 0.1) is 0 Å². The van der Waals surface area contributed by atoms with Gasteiger partial charge in [0.2, 0.25) is 0 Å². The Morgan fingerprint density at radius 1 is 0.829 bits per heavy atom. The highest BCUT2D eigenvalue weighted by atomic mass is 32.2. The second kappa shape index (κ2) is 11.4. The minimum atomic E-state index is -3.95. The summed E-state index contributed by atoms with van der Waals surface area (Å²) in [7, 11) is -3.95. The zero-order valence-corrected chi connectivity index (χ0v) is 20.4. The van der Waals surface area contributed by atoms with Crippen LogP contribution in [0.2, 0.25) is 0 Å². The van der Waals surface area contributed by atoms with Crippen LogP contribution in [0.25, 0.3) is 0 Å². The van der Waals surface area contributed by atoms with E-state index in [0.717, 1.165) is 0 Å². The molecule has 0 spiro atoms. The molecular formula is C25H27N3O6S. The summed E-state index contributed by atoms with van der Waals surface area (Å²) in [6, 6.07) is 18.4. The summed E-state index contributed by atoms with van der Waals surface area (Å²) in [4.78, 5) is 24.7. The Labute approximate surface area is 204 Å². The van der Waals surface area contributed by atoms with Crippen LogP contribution >= 0.6 is 0 Å². The van der Waals surface area contributed by atoms with Gasteiger partial charge < -0.3 is 9.47 Å². The van der Waals surface area contributed by atoms with Crippen molar-refractivity contribution >= 4 is 27.5 Å². The van der Waals surface area contributed by atoms with Gasteiger partial charge in [0.15, 0.2) is 0 Å². The normalized spacial score (nSPS) is 11.0. The van der Waals surface area contributed by atoms with Gasteiger partial charge in [-0.25, -0.2) is 8.42 Å². The number of rotatable bonds is 9. The maximum atomic E-state index is 12.8. The highest BCUT2D eigenvalue weighted by molar-refractivity contribution is 7.92. The van der Waals surface area contributed by atoms with E-state index in [1.165, 1.54) is 24.3 Å². The smallest absolute Gasteiger partial charge is 0.269 e. The predicted octanol–water partition coefficient (Wildman–Crippen LogP) is 3.75. The van der Waals surface area contributed by atoms with Crippen molar-refractivity contribution in [3.63, 3.8) is 0 Å². The Balaban J connectivity index is 1.63. The third-order valence-corrected chi connectivity index (χ3v) is 5.98. The van der Waals surface area contributed by atoms with Crippen LogP contribution in [0.1, 0.15) is 41.5 Å². The van der Waals surface area contributed by atoms with Gasteiger partial charge in [0.25, 0.3) is 21.8 Å². The van der Waals surface area contributed by atoms with E-state index in [0.29, 0.717) is 29.4 Å². The lowest BCUT2D eigenvalue weighted by Crippen LogP contribution is -2.41. The molecule has 0 radical (unpaired) electrons. The molecule has 0 aliphatic rings. The van der Waals surface area contributed by atoms with E-state index < -0.39 is 21.8 Å². The summed E-state index contributed by atoms with van der Waals surface area (Å²) < 4.78 is 38.9. The Morgan fingerprint density at radius 2 is 1.43 bits per heavy atom. The molecule has 9 nitrogen and oxygen atoms in total. The average Bonchev–Trinajstić information content (AvgIpc) is 2.84. The Bertz CT molecular complexity index is 1270. The number of benzene rings is 3. The fraction of sp³-hybridized carbons (Fsp3) is 0.200. The highest BCUT2D eigenvalue weighted by Crippen LogP contribution is 2.20. The summed E-state index contributed by atoms with van der Waals surface area (Å²) >= 11 is 0. The van der Waals surface area contributed by atoms with Crippen LogP contribution < -0.4 is 25.0 Å². The van der Waals surface area contributed by atoms with E-state index in [-0.39, 0.29) is 16.6 Å². The Kier molecular flexibility index (Phi) is 8.32. The van der Waals surface area contributed by atoms with Gasteiger partial charge >= 0.3 is 0 Å². The molecule has 0 aliphatic carbocycles. The van der Waals surface area contributed by atoms with Crippen molar-refractivity contribution in [1.82, 2.24) is 10.9 Å². The zero-order chi connectivity index (χ0) is 25.4. The number of amides is 2. The molecule has 184 valence electrons. The largest absolute Gasteiger partial charge is 0.494 e. The number of hydrazine groups is 1. The van der Waals surface area contributed by atoms with Crippen LogP contribution in [0.5, 0.6) is 11.5 Å². The zero-order valence-electron chi connectivity index (χ0n) is 19.6. The maximum Gasteiger partial charge on any atom is 0.269 e. The molecule has 0 saturated heterocycles. The molecule has 0 saturated carbocycles. The number of carbonyl (C=O) groups excluding carboxylic acids is 2. The molecule has 10 heteroatoms. The van der Waals surface area contributed by atoms with Gasteiger partial charge in [-0.1, -0.05) is 6.07 Å². The van der Waals surface area contributed by atoms with Gasteiger partial charge in [0, 0.05) is 16.8 Å². The van der Waals surface area contributed by atoms with Crippen molar-refractivity contribution in [3.05, 3.63) is 83.9 Å². The van der Waals surface area contributed by atoms with Crippen LogP contribution in [-0.4, -0.2) is 32.9 Å². The van der Waals surface area contributed by atoms with E-state index in [4.69, 9.17) is 9.47 Å². The maximum absolute atomic E-state index is 12.8. The number of sulfonamides is 1. The fourth-order valence-electron chi connectivity index (χ4n) is 3.02. The average molecular weight is 498 g/mol. The SMILES string of the molecule is CCOc1ccc(NS(=O)(=O)c2cccc(C(=O)NNC(=O)c3ccc(OC(C)C)cc3)c2)cc1. The molecule has 0 bridgehead atoms. The second-order valence-electron chi connectivity index (χ2n) is 7.69. The topological polar surface area (TPSA) is 123 Å². The number of anilines is 1. The van der Waals surface area contributed by atoms with Crippen molar-refractivity contribution in [2.75, 3.05) is 11.3 Å². The third-order valence-electron chi connectivity index (χ3n) is 4.60. The number of carbonyl (C=O) groups is 2. The van der Waals surface area contributed by atoms with Gasteiger partial charge in [-0.05, 0) is 87.5 Å². The van der Waals surface area contributed by atoms with Crippen molar-refractivity contribution in [1.29, 1.82) is 0 Å². The van der Waals surface area contributed by atoms with E-state index in [2.05, 4.69) is 15.6 Å². The molecule has 0 fully saturated rings. The standard InChI is InChI=1S/C25H27N3O6S/c1-4-33-21-14-10-20(11-15-21)28-35(31,32)23-7-5-6-19(16-23)25(30)27-26-24(29)18-8-12-22(13-9-18)34-17(2)3/h5-17,28H,4H2,1-3H3,(H,26,29)(H,27,30). The lowest BCUT2D eigenvalue weighted by atomic mass is 10.2. The van der Waals surface area contributed by atoms with Crippen molar-refractivity contribution in [2.45, 2.75) is 31.8 Å². The first-order valence-electron chi connectivity index (χ1n) is 10.9. The quantitative estimate of drug-likeness (QED) is 0.387. The van der Waals surface area contributed by atoms with Crippen LogP contribution in [0.4, 0.5) is 5.69 Å². The molecule has 3 rings (SSSR count). The minimum absolute atomic E-state index is 0.00434. The first-order valence-corrected chi connectivity index (χ1v) is 12.4. The molecule has 35 heavy (non-hydrogen) atoms. The fourth-order valence-corrected chi connectivity index (χ4v) is 4.12. The Hall–Kier alpha value is -4.05. The lowest BCUT2D eigenvalue weighted by Gasteiger charge is -2.12. The molecule has 0 aliphatic heterocycles. The summed E-state index contributed by atoms with van der Waals surface area (Å²) in [5, 5.41) is 0. The van der Waals surface area contributed by atoms with Crippen LogP contribution in [0.3, 0.4) is 0 Å². The van der Waals surface area contributed by atoms with Crippen LogP contribution in [-0.2, 0) is 10.0 Å². The first-order chi connectivity index (χ1) is 16.7. The van der Waals surface area contributed by atoms with Gasteiger partial charge in [-0.3, -0.25) is 25.2 Å². The van der Waals surface area contributed by atoms with Gasteiger partial charge in [0.1, 0.15) is 11.5 Å². The first kappa shape index (κ1) is 25.6. The molecular weight excluding hydrogens is 470 g/mol. The van der Waals surface area contributed by atoms with E-state index in [1.807, 2.05) is 20.8 Å². The summed E-state index contributed by atoms with van der Waals surface area (Å²) in [6.45, 7) is 6.14. The van der Waals surface area contributed by atoms with Crippen molar-refractivity contribution in [2.24, 2.45) is 0 Å². The molecule has 0 atom stereocenters. The second-order valence-corrected chi connectivity index (χ2v) is 9.37. The number of ether oxygens (including phenoxy) is 2. The predicted molar refractivity (Wildman–Crippen MR) is 132 cm³/mol. The van der Waals surface area contributed by atoms with E-state index in [1.54, 1.807) is 48.5 Å². The Morgan fingerprint density at radius 3 is 2.03 bits per heavy atom. The summed E-state index contributed by atoms with van der Waals surface area (Å²) in [6.07, 6.45) is 0.00434. The van der Waals surface area contributed by atoms with Gasteiger partial charge in [-0.15, -0.1) is 0 Å². The minimum Gasteiger partial charge on any atom is -0.494 e. The number of hydrogen-bond acceptors (Lipinski definition) is 6. The molecule has 0 unspecified atom stereocenters. The van der Waals surface area contributed by atoms with Gasteiger partial charge in [0.05, 0.1) is 17.6 Å².